The van der Waals surface area contributed by atoms with Crippen molar-refractivity contribution in [2.24, 2.45) is 0 Å². The Balaban J connectivity index is 2.32. The summed E-state index contributed by atoms with van der Waals surface area (Å²) in [5, 5.41) is 1.70. The molecule has 0 amide bonds. The molecule has 17 heavy (non-hydrogen) atoms. The van der Waals surface area contributed by atoms with Crippen molar-refractivity contribution in [2.75, 3.05) is 11.4 Å². The second-order valence-electron chi connectivity index (χ2n) is 4.60. The van der Waals surface area contributed by atoms with Gasteiger partial charge in [-0.2, -0.15) is 0 Å². The van der Waals surface area contributed by atoms with Gasteiger partial charge < -0.3 is 4.90 Å². The monoisotopic (exact) mass is 315 g/mol. The van der Waals surface area contributed by atoms with Crippen molar-refractivity contribution in [3.63, 3.8) is 0 Å². The summed E-state index contributed by atoms with van der Waals surface area (Å²) in [6, 6.07) is 6.94. The van der Waals surface area contributed by atoms with Crippen molar-refractivity contribution in [1.29, 1.82) is 0 Å². The first-order valence-corrected chi connectivity index (χ1v) is 7.87. The minimum absolute atomic E-state index is 0.705. The summed E-state index contributed by atoms with van der Waals surface area (Å²) < 4.78 is 0. The van der Waals surface area contributed by atoms with Gasteiger partial charge in [0.2, 0.25) is 0 Å². The molecule has 0 spiro atoms. The van der Waals surface area contributed by atoms with Crippen LogP contribution in [0.25, 0.3) is 0 Å². The summed E-state index contributed by atoms with van der Waals surface area (Å²) in [7, 11) is 0. The summed E-state index contributed by atoms with van der Waals surface area (Å²) in [5.74, 6) is 0. The smallest absolute Gasteiger partial charge is 0.0467 e. The van der Waals surface area contributed by atoms with Crippen LogP contribution in [0.4, 0.5) is 5.69 Å². The highest BCUT2D eigenvalue weighted by molar-refractivity contribution is 9.08. The zero-order valence-corrected chi connectivity index (χ0v) is 12.6. The molecule has 0 saturated heterocycles. The van der Waals surface area contributed by atoms with Gasteiger partial charge in [-0.25, -0.2) is 0 Å². The summed E-state index contributed by atoms with van der Waals surface area (Å²) in [6.07, 6.45) is 5.38. The van der Waals surface area contributed by atoms with E-state index in [1.54, 1.807) is 0 Å². The highest BCUT2D eigenvalue weighted by Gasteiger charge is 2.23. The SMILES string of the molecule is CCN(c1cccc(Cl)c1CBr)C1CCCC1. The largest absolute Gasteiger partial charge is 0.369 e. The van der Waals surface area contributed by atoms with Crippen LogP contribution in [-0.4, -0.2) is 12.6 Å². The second kappa shape index (κ2) is 6.10. The molecule has 0 atom stereocenters. The molecule has 0 aromatic heterocycles. The van der Waals surface area contributed by atoms with E-state index in [-0.39, 0.29) is 0 Å². The lowest BCUT2D eigenvalue weighted by Gasteiger charge is -2.32. The van der Waals surface area contributed by atoms with E-state index in [1.165, 1.54) is 36.9 Å². The molecule has 0 bridgehead atoms. The Hall–Kier alpha value is -0.210. The van der Waals surface area contributed by atoms with E-state index in [4.69, 9.17) is 11.6 Å². The molecule has 94 valence electrons. The lowest BCUT2D eigenvalue weighted by Crippen LogP contribution is -2.33. The number of nitrogens with zero attached hydrogens (tertiary/aromatic N) is 1. The van der Waals surface area contributed by atoms with Crippen LogP contribution < -0.4 is 4.90 Å². The molecular weight excluding hydrogens is 298 g/mol. The van der Waals surface area contributed by atoms with E-state index in [0.29, 0.717) is 6.04 Å². The molecule has 2 rings (SSSR count). The Morgan fingerprint density at radius 1 is 1.35 bits per heavy atom. The molecule has 3 heteroatoms. The van der Waals surface area contributed by atoms with Gasteiger partial charge in [-0.3, -0.25) is 0 Å². The lowest BCUT2D eigenvalue weighted by atomic mass is 10.1. The van der Waals surface area contributed by atoms with Crippen molar-refractivity contribution in [1.82, 2.24) is 0 Å². The Morgan fingerprint density at radius 3 is 2.65 bits per heavy atom. The van der Waals surface area contributed by atoms with E-state index in [9.17, 15) is 0 Å². The molecule has 1 aromatic carbocycles. The van der Waals surface area contributed by atoms with Crippen LogP contribution in [0.1, 0.15) is 38.2 Å². The number of alkyl halides is 1. The molecule has 1 fully saturated rings. The van der Waals surface area contributed by atoms with Gasteiger partial charge in [0.1, 0.15) is 0 Å². The van der Waals surface area contributed by atoms with Crippen molar-refractivity contribution < 1.29 is 0 Å². The maximum Gasteiger partial charge on any atom is 0.0467 e. The Kier molecular flexibility index (Phi) is 4.75. The first-order valence-electron chi connectivity index (χ1n) is 6.38. The molecule has 0 heterocycles. The molecule has 1 saturated carbocycles. The van der Waals surface area contributed by atoms with Crippen LogP contribution in [0.3, 0.4) is 0 Å². The third kappa shape index (κ3) is 2.79. The van der Waals surface area contributed by atoms with Crippen LogP contribution in [0.15, 0.2) is 18.2 Å². The van der Waals surface area contributed by atoms with Crippen LogP contribution in [0, 0.1) is 0 Å². The van der Waals surface area contributed by atoms with Gasteiger partial charge in [0.25, 0.3) is 0 Å². The maximum absolute atomic E-state index is 6.28. The van der Waals surface area contributed by atoms with Gasteiger partial charge in [0.05, 0.1) is 0 Å². The third-order valence-electron chi connectivity index (χ3n) is 3.64. The zero-order chi connectivity index (χ0) is 12.3. The highest BCUT2D eigenvalue weighted by Crippen LogP contribution is 2.34. The van der Waals surface area contributed by atoms with Crippen LogP contribution in [-0.2, 0) is 5.33 Å². The Morgan fingerprint density at radius 2 is 2.06 bits per heavy atom. The molecule has 0 unspecified atom stereocenters. The van der Waals surface area contributed by atoms with E-state index in [0.717, 1.165) is 16.9 Å². The predicted octanol–water partition coefficient (Wildman–Crippen LogP) is 5.00. The number of rotatable bonds is 4. The molecule has 0 radical (unpaired) electrons. The van der Waals surface area contributed by atoms with Gasteiger partial charge in [-0.05, 0) is 31.9 Å². The third-order valence-corrected chi connectivity index (χ3v) is 4.56. The summed E-state index contributed by atoms with van der Waals surface area (Å²) >= 11 is 9.83. The van der Waals surface area contributed by atoms with E-state index in [2.05, 4.69) is 39.9 Å². The average Bonchev–Trinajstić information content (AvgIpc) is 2.84. The molecule has 1 aromatic rings. The minimum Gasteiger partial charge on any atom is -0.369 e. The molecule has 1 aliphatic carbocycles. The fourth-order valence-electron chi connectivity index (χ4n) is 2.79. The zero-order valence-electron chi connectivity index (χ0n) is 10.3. The minimum atomic E-state index is 0.705. The van der Waals surface area contributed by atoms with Crippen molar-refractivity contribution >= 4 is 33.2 Å². The van der Waals surface area contributed by atoms with E-state index < -0.39 is 0 Å². The molecule has 0 N–H and O–H groups in total. The number of benzene rings is 1. The van der Waals surface area contributed by atoms with Gasteiger partial charge in [-0.1, -0.05) is 46.4 Å². The predicted molar refractivity (Wildman–Crippen MR) is 79.4 cm³/mol. The normalized spacial score (nSPS) is 16.4. The van der Waals surface area contributed by atoms with Gasteiger partial charge >= 0.3 is 0 Å². The molecular formula is C14H19BrClN. The first-order chi connectivity index (χ1) is 8.27. The summed E-state index contributed by atoms with van der Waals surface area (Å²) in [6.45, 7) is 3.29. The number of hydrogen-bond donors (Lipinski definition) is 0. The number of hydrogen-bond acceptors (Lipinski definition) is 1. The van der Waals surface area contributed by atoms with Crippen molar-refractivity contribution in [2.45, 2.75) is 44.0 Å². The second-order valence-corrected chi connectivity index (χ2v) is 5.56. The fourth-order valence-corrected chi connectivity index (χ4v) is 3.78. The van der Waals surface area contributed by atoms with Crippen molar-refractivity contribution in [3.8, 4) is 0 Å². The average molecular weight is 317 g/mol. The van der Waals surface area contributed by atoms with E-state index in [1.807, 2.05) is 6.07 Å². The van der Waals surface area contributed by atoms with Crippen LogP contribution in [0.5, 0.6) is 0 Å². The van der Waals surface area contributed by atoms with E-state index >= 15 is 0 Å². The standard InChI is InChI=1S/C14H19BrClN/c1-2-17(11-6-3-4-7-11)14-9-5-8-13(16)12(14)10-15/h5,8-9,11H,2-4,6-7,10H2,1H3. The molecule has 1 nitrogen and oxygen atoms in total. The topological polar surface area (TPSA) is 3.24 Å². The van der Waals surface area contributed by atoms with Crippen molar-refractivity contribution in [3.05, 3.63) is 28.8 Å². The lowest BCUT2D eigenvalue weighted by molar-refractivity contribution is 0.618. The molecule has 0 aliphatic heterocycles. The van der Waals surface area contributed by atoms with Gasteiger partial charge in [0, 0.05) is 34.2 Å². The maximum atomic E-state index is 6.28. The fraction of sp³-hybridized carbons (Fsp3) is 0.571. The summed E-state index contributed by atoms with van der Waals surface area (Å²) in [5.41, 5.74) is 2.53. The van der Waals surface area contributed by atoms with Gasteiger partial charge in [-0.15, -0.1) is 0 Å². The van der Waals surface area contributed by atoms with Crippen LogP contribution >= 0.6 is 27.5 Å². The Bertz CT molecular complexity index is 374. The number of anilines is 1. The first kappa shape index (κ1) is 13.2. The van der Waals surface area contributed by atoms with Crippen LogP contribution in [0.2, 0.25) is 5.02 Å². The summed E-state index contributed by atoms with van der Waals surface area (Å²) in [4.78, 5) is 2.52. The number of halogens is 2. The quantitative estimate of drug-likeness (QED) is 0.706. The molecule has 1 aliphatic rings. The highest BCUT2D eigenvalue weighted by atomic mass is 79.9. The van der Waals surface area contributed by atoms with Gasteiger partial charge in [0.15, 0.2) is 0 Å². The Labute approximate surface area is 117 Å².